The van der Waals surface area contributed by atoms with Crippen molar-refractivity contribution in [3.05, 3.63) is 24.0 Å². The molecule has 0 aromatic carbocycles. The van der Waals surface area contributed by atoms with Gasteiger partial charge in [0.1, 0.15) is 0 Å². The van der Waals surface area contributed by atoms with Crippen LogP contribution in [0.5, 0.6) is 0 Å². The van der Waals surface area contributed by atoms with E-state index in [-0.39, 0.29) is 17.3 Å². The maximum absolute atomic E-state index is 11.8. The Morgan fingerprint density at radius 2 is 2.08 bits per heavy atom. The van der Waals surface area contributed by atoms with Crippen LogP contribution in [0.3, 0.4) is 0 Å². The normalized spacial score (nSPS) is 24.9. The van der Waals surface area contributed by atoms with Crippen molar-refractivity contribution < 1.29 is 18.3 Å². The largest absolute Gasteiger partial charge is 0.395 e. The Labute approximate surface area is 143 Å². The van der Waals surface area contributed by atoms with E-state index in [0.29, 0.717) is 12.5 Å². The molecular weight excluding hydrogens is 328 g/mol. The van der Waals surface area contributed by atoms with Gasteiger partial charge in [-0.3, -0.25) is 4.98 Å². The van der Waals surface area contributed by atoms with Gasteiger partial charge in [-0.25, -0.2) is 8.42 Å². The lowest BCUT2D eigenvalue weighted by atomic mass is 9.92. The second-order valence-corrected chi connectivity index (χ2v) is 8.90. The fourth-order valence-corrected chi connectivity index (χ4v) is 4.51. The van der Waals surface area contributed by atoms with Gasteiger partial charge in [0.2, 0.25) is 0 Å². The number of nitrogens with one attached hydrogen (secondary N) is 1. The molecule has 0 bridgehead atoms. The summed E-state index contributed by atoms with van der Waals surface area (Å²) in [6.45, 7) is 3.08. The summed E-state index contributed by atoms with van der Waals surface area (Å²) in [6, 6.07) is 3.22. The van der Waals surface area contributed by atoms with E-state index in [2.05, 4.69) is 10.3 Å². The van der Waals surface area contributed by atoms with Crippen molar-refractivity contribution in [1.82, 2.24) is 10.3 Å². The summed E-state index contributed by atoms with van der Waals surface area (Å²) in [6.07, 6.45) is 5.19. The molecule has 2 heterocycles. The third kappa shape index (κ3) is 4.53. The van der Waals surface area contributed by atoms with E-state index < -0.39 is 9.84 Å². The van der Waals surface area contributed by atoms with Crippen LogP contribution in [-0.4, -0.2) is 50.6 Å². The molecule has 134 valence electrons. The summed E-state index contributed by atoms with van der Waals surface area (Å²) in [4.78, 5) is 4.31. The lowest BCUT2D eigenvalue weighted by Crippen LogP contribution is -2.29. The molecule has 1 aromatic heterocycles. The topological polar surface area (TPSA) is 88.5 Å². The second-order valence-electron chi connectivity index (χ2n) is 6.79. The number of aliphatic hydroxyl groups excluding tert-OH is 1. The molecule has 2 aliphatic rings. The van der Waals surface area contributed by atoms with Gasteiger partial charge in [-0.05, 0) is 62.2 Å². The van der Waals surface area contributed by atoms with Crippen LogP contribution >= 0.6 is 0 Å². The molecule has 1 aromatic rings. The van der Waals surface area contributed by atoms with E-state index in [1.807, 2.05) is 0 Å². The minimum atomic E-state index is -3.43. The fraction of sp³-hybridized carbons (Fsp3) is 0.706. The van der Waals surface area contributed by atoms with Gasteiger partial charge >= 0.3 is 0 Å². The summed E-state index contributed by atoms with van der Waals surface area (Å²) in [5.41, 5.74) is 0.733. The molecule has 0 amide bonds. The van der Waals surface area contributed by atoms with Gasteiger partial charge in [0.05, 0.1) is 36.2 Å². The van der Waals surface area contributed by atoms with Crippen LogP contribution in [0.2, 0.25) is 0 Å². The average molecular weight is 354 g/mol. The Hall–Kier alpha value is -1.02. The third-order valence-electron chi connectivity index (χ3n) is 5.07. The van der Waals surface area contributed by atoms with E-state index >= 15 is 0 Å². The maximum Gasteiger partial charge on any atom is 0.182 e. The number of rotatable bonds is 8. The highest BCUT2D eigenvalue weighted by Gasteiger charge is 2.42. The van der Waals surface area contributed by atoms with Gasteiger partial charge in [0, 0.05) is 6.20 Å². The standard InChI is InChI=1S/C17H26N2O4S/c20-7-8-24(21,22)16-2-1-15(19-10-16)12-23-11-14-9-17(14)13-3-5-18-6-4-13/h1-2,10,13-14,17-18,20H,3-9,11-12H2. The highest BCUT2D eigenvalue weighted by molar-refractivity contribution is 7.91. The van der Waals surface area contributed by atoms with Crippen LogP contribution in [0, 0.1) is 17.8 Å². The molecule has 1 saturated carbocycles. The number of nitrogens with zero attached hydrogens (tertiary/aromatic N) is 1. The molecule has 7 heteroatoms. The predicted molar refractivity (Wildman–Crippen MR) is 90.2 cm³/mol. The minimum absolute atomic E-state index is 0.147. The fourth-order valence-electron chi connectivity index (χ4n) is 3.55. The number of aliphatic hydroxyl groups is 1. The van der Waals surface area contributed by atoms with Gasteiger partial charge in [-0.15, -0.1) is 0 Å². The molecule has 1 aliphatic carbocycles. The smallest absolute Gasteiger partial charge is 0.182 e. The molecule has 2 N–H and O–H groups in total. The molecule has 0 spiro atoms. The van der Waals surface area contributed by atoms with Gasteiger partial charge in [0.25, 0.3) is 0 Å². The quantitative estimate of drug-likeness (QED) is 0.724. The first-order chi connectivity index (χ1) is 11.6. The predicted octanol–water partition coefficient (Wildman–Crippen LogP) is 1.000. The van der Waals surface area contributed by atoms with Gasteiger partial charge in [-0.1, -0.05) is 0 Å². The summed E-state index contributed by atoms with van der Waals surface area (Å²) in [5.74, 6) is 2.09. The van der Waals surface area contributed by atoms with Crippen LogP contribution in [0.1, 0.15) is 25.0 Å². The number of ether oxygens (including phenoxy) is 1. The summed E-state index contributed by atoms with van der Waals surface area (Å²) in [7, 11) is -3.43. The van der Waals surface area contributed by atoms with Crippen molar-refractivity contribution in [3.8, 4) is 0 Å². The van der Waals surface area contributed by atoms with Crippen molar-refractivity contribution in [2.75, 3.05) is 32.1 Å². The molecule has 2 unspecified atom stereocenters. The zero-order valence-electron chi connectivity index (χ0n) is 13.9. The number of sulfone groups is 1. The zero-order valence-corrected chi connectivity index (χ0v) is 14.7. The SMILES string of the molecule is O=S(=O)(CCO)c1ccc(COCC2CC2C2CCNCC2)nc1. The second kappa shape index (κ2) is 7.91. The molecule has 1 saturated heterocycles. The van der Waals surface area contributed by atoms with Crippen LogP contribution in [0.4, 0.5) is 0 Å². The highest BCUT2D eigenvalue weighted by atomic mass is 32.2. The molecule has 24 heavy (non-hydrogen) atoms. The minimum Gasteiger partial charge on any atom is -0.395 e. The van der Waals surface area contributed by atoms with Crippen molar-refractivity contribution in [3.63, 3.8) is 0 Å². The van der Waals surface area contributed by atoms with Crippen molar-refractivity contribution in [1.29, 1.82) is 0 Å². The summed E-state index contributed by atoms with van der Waals surface area (Å²) in [5, 5.41) is 12.2. The molecule has 2 atom stereocenters. The number of hydrogen-bond acceptors (Lipinski definition) is 6. The Kier molecular flexibility index (Phi) is 5.86. The molecule has 2 fully saturated rings. The first-order valence-corrected chi connectivity index (χ1v) is 10.3. The first-order valence-electron chi connectivity index (χ1n) is 8.67. The van der Waals surface area contributed by atoms with Gasteiger partial charge < -0.3 is 15.2 Å². The van der Waals surface area contributed by atoms with Crippen LogP contribution in [-0.2, 0) is 21.2 Å². The van der Waals surface area contributed by atoms with Crippen LogP contribution < -0.4 is 5.32 Å². The van der Waals surface area contributed by atoms with E-state index in [4.69, 9.17) is 9.84 Å². The Bertz CT molecular complexity index is 626. The summed E-state index contributed by atoms with van der Waals surface area (Å²) >= 11 is 0. The van der Waals surface area contributed by atoms with Gasteiger partial charge in [-0.2, -0.15) is 0 Å². The number of pyridine rings is 1. The molecular formula is C17H26N2O4S. The third-order valence-corrected chi connectivity index (χ3v) is 6.74. The van der Waals surface area contributed by atoms with E-state index in [1.165, 1.54) is 31.5 Å². The molecule has 0 radical (unpaired) electrons. The lowest BCUT2D eigenvalue weighted by Gasteiger charge is -2.22. The van der Waals surface area contributed by atoms with E-state index in [9.17, 15) is 8.42 Å². The first kappa shape index (κ1) is 17.8. The molecule has 1 aliphatic heterocycles. The number of piperidine rings is 1. The lowest BCUT2D eigenvalue weighted by molar-refractivity contribution is 0.101. The maximum atomic E-state index is 11.8. The van der Waals surface area contributed by atoms with Crippen molar-refractivity contribution >= 4 is 9.84 Å². The van der Waals surface area contributed by atoms with Crippen molar-refractivity contribution in [2.45, 2.75) is 30.8 Å². The van der Waals surface area contributed by atoms with E-state index in [0.717, 1.165) is 37.2 Å². The monoisotopic (exact) mass is 354 g/mol. The highest BCUT2D eigenvalue weighted by Crippen LogP contribution is 2.47. The average Bonchev–Trinajstić information content (AvgIpc) is 3.36. The van der Waals surface area contributed by atoms with Crippen LogP contribution in [0.25, 0.3) is 0 Å². The van der Waals surface area contributed by atoms with Crippen LogP contribution in [0.15, 0.2) is 23.2 Å². The molecule has 3 rings (SSSR count). The molecule has 6 nitrogen and oxygen atoms in total. The zero-order chi connectivity index (χ0) is 17.0. The Morgan fingerprint density at radius 3 is 2.75 bits per heavy atom. The van der Waals surface area contributed by atoms with Gasteiger partial charge in [0.15, 0.2) is 9.84 Å². The summed E-state index contributed by atoms with van der Waals surface area (Å²) < 4.78 is 29.4. The van der Waals surface area contributed by atoms with E-state index in [1.54, 1.807) is 6.07 Å². The Balaban J connectivity index is 1.41. The van der Waals surface area contributed by atoms with Crippen molar-refractivity contribution in [2.24, 2.45) is 17.8 Å². The Morgan fingerprint density at radius 1 is 1.29 bits per heavy atom. The number of hydrogen-bond donors (Lipinski definition) is 2. The number of aromatic nitrogens is 1.